The molecule has 3 aromatic carbocycles. The largest absolute Gasteiger partial charge is 0.495 e. The van der Waals surface area contributed by atoms with Gasteiger partial charge in [0.15, 0.2) is 0 Å². The molecule has 17 nitrogen and oxygen atoms in total. The van der Waals surface area contributed by atoms with Gasteiger partial charge in [0.2, 0.25) is 17.7 Å². The van der Waals surface area contributed by atoms with Crippen LogP contribution in [0.1, 0.15) is 80.9 Å². The molecule has 2 aliphatic heterocycles. The Labute approximate surface area is 308 Å². The molecule has 0 radical (unpaired) electrons. The number of imide groups is 2. The molecule has 280 valence electrons. The lowest BCUT2D eigenvalue weighted by atomic mass is 10.0. The van der Waals surface area contributed by atoms with Crippen molar-refractivity contribution in [1.82, 2.24) is 30.7 Å². The molecule has 1 atom stereocenters. The molecule has 1 fully saturated rings. The Morgan fingerprint density at radius 1 is 0.981 bits per heavy atom. The number of hydrogen-bond acceptors (Lipinski definition) is 12. The van der Waals surface area contributed by atoms with Gasteiger partial charge in [0.25, 0.3) is 17.7 Å². The maximum absolute atomic E-state index is 13.3. The van der Waals surface area contributed by atoms with E-state index in [-0.39, 0.29) is 54.2 Å². The number of carbonyl (C=O) groups is 6. The third-order valence-electron chi connectivity index (χ3n) is 8.98. The standard InChI is InChI=1S/C37H38N8O9/c1-53-30-15-11-23(34(48)42-52)18-28(30)38-19-22-9-12-25(13-10-22)54-21-24-20-44(43-41-24)17-4-2-3-8-31(46)39-27-7-5-6-26-33(27)37(51)45(36(26)50)29-14-16-32(47)40-35(29)49/h5-7,9-13,15,18,20,29,38,52H,2-4,8,14,16-17,19,21H2,1H3,(H,39,46)(H,42,48)(H,40,47,49). The van der Waals surface area contributed by atoms with E-state index in [9.17, 15) is 28.8 Å². The Kier molecular flexibility index (Phi) is 11.6. The van der Waals surface area contributed by atoms with Crippen molar-refractivity contribution in [2.24, 2.45) is 0 Å². The normalized spacial score (nSPS) is 15.1. The molecule has 6 rings (SSSR count). The number of carbonyl (C=O) groups excluding carboxylic acids is 6. The Morgan fingerprint density at radius 3 is 2.56 bits per heavy atom. The Hall–Kier alpha value is -6.62. The van der Waals surface area contributed by atoms with E-state index in [1.807, 2.05) is 24.3 Å². The van der Waals surface area contributed by atoms with E-state index in [0.29, 0.717) is 42.4 Å². The lowest BCUT2D eigenvalue weighted by Gasteiger charge is -2.27. The number of unbranched alkanes of at least 4 members (excludes halogenated alkanes) is 2. The number of benzene rings is 3. The van der Waals surface area contributed by atoms with Crippen LogP contribution in [-0.4, -0.2) is 73.7 Å². The van der Waals surface area contributed by atoms with Gasteiger partial charge in [-0.3, -0.25) is 48.9 Å². The minimum Gasteiger partial charge on any atom is -0.495 e. The Morgan fingerprint density at radius 2 is 1.80 bits per heavy atom. The highest BCUT2D eigenvalue weighted by Crippen LogP contribution is 2.32. The summed E-state index contributed by atoms with van der Waals surface area (Å²) in [7, 11) is 1.53. The molecule has 6 amide bonds. The predicted molar refractivity (Wildman–Crippen MR) is 191 cm³/mol. The molecule has 5 N–H and O–H groups in total. The van der Waals surface area contributed by atoms with E-state index in [2.05, 4.69) is 26.3 Å². The minimum atomic E-state index is -1.09. The van der Waals surface area contributed by atoms with Gasteiger partial charge in [0.1, 0.15) is 29.8 Å². The summed E-state index contributed by atoms with van der Waals surface area (Å²) in [6.07, 6.45) is 4.10. The van der Waals surface area contributed by atoms with Gasteiger partial charge in [-0.15, -0.1) is 5.10 Å². The fraction of sp³-hybridized carbons (Fsp3) is 0.297. The van der Waals surface area contributed by atoms with Crippen molar-refractivity contribution < 1.29 is 43.4 Å². The van der Waals surface area contributed by atoms with E-state index in [1.165, 1.54) is 13.2 Å². The number of hydrogen-bond donors (Lipinski definition) is 5. The molecular formula is C37H38N8O9. The number of aryl methyl sites for hydroxylation is 1. The van der Waals surface area contributed by atoms with Crippen LogP contribution >= 0.6 is 0 Å². The van der Waals surface area contributed by atoms with Crippen molar-refractivity contribution in [1.29, 1.82) is 0 Å². The number of ether oxygens (including phenoxy) is 2. The van der Waals surface area contributed by atoms with Gasteiger partial charge in [-0.1, -0.05) is 29.8 Å². The maximum Gasteiger partial charge on any atom is 0.274 e. The molecule has 17 heteroatoms. The van der Waals surface area contributed by atoms with Crippen molar-refractivity contribution in [2.45, 2.75) is 64.3 Å². The van der Waals surface area contributed by atoms with Gasteiger partial charge < -0.3 is 20.1 Å². The number of rotatable bonds is 16. The minimum absolute atomic E-state index is 0.0170. The van der Waals surface area contributed by atoms with Crippen LogP contribution in [0, 0.1) is 0 Å². The highest BCUT2D eigenvalue weighted by molar-refractivity contribution is 6.26. The van der Waals surface area contributed by atoms with E-state index in [1.54, 1.807) is 46.7 Å². The first-order valence-electron chi connectivity index (χ1n) is 17.3. The molecule has 0 saturated carbocycles. The third kappa shape index (κ3) is 8.53. The number of fused-ring (bicyclic) bond motifs is 1. The number of nitrogens with zero attached hydrogens (tertiary/aromatic N) is 4. The van der Waals surface area contributed by atoms with Gasteiger partial charge in [-0.05, 0) is 67.3 Å². The number of hydroxylamine groups is 1. The number of amides is 6. The average molecular weight is 739 g/mol. The maximum atomic E-state index is 13.3. The first-order chi connectivity index (χ1) is 26.1. The van der Waals surface area contributed by atoms with Gasteiger partial charge >= 0.3 is 0 Å². The summed E-state index contributed by atoms with van der Waals surface area (Å²) in [4.78, 5) is 75.6. The van der Waals surface area contributed by atoms with Crippen LogP contribution in [0.3, 0.4) is 0 Å². The van der Waals surface area contributed by atoms with Crippen molar-refractivity contribution in [3.8, 4) is 11.5 Å². The van der Waals surface area contributed by atoms with Gasteiger partial charge in [0.05, 0.1) is 35.8 Å². The third-order valence-corrected chi connectivity index (χ3v) is 8.98. The first kappa shape index (κ1) is 37.1. The molecule has 3 heterocycles. The number of aromatic nitrogens is 3. The topological polar surface area (TPSA) is 223 Å². The van der Waals surface area contributed by atoms with Crippen molar-refractivity contribution >= 4 is 46.8 Å². The summed E-state index contributed by atoms with van der Waals surface area (Å²) >= 11 is 0. The second-order valence-corrected chi connectivity index (χ2v) is 12.6. The monoisotopic (exact) mass is 738 g/mol. The van der Waals surface area contributed by atoms with Crippen molar-refractivity contribution in [3.63, 3.8) is 0 Å². The summed E-state index contributed by atoms with van der Waals surface area (Å²) in [5.74, 6) is -2.21. The second kappa shape index (κ2) is 16.8. The van der Waals surface area contributed by atoms with E-state index in [0.717, 1.165) is 23.3 Å². The highest BCUT2D eigenvalue weighted by Gasteiger charge is 2.45. The zero-order valence-corrected chi connectivity index (χ0v) is 29.3. The summed E-state index contributed by atoms with van der Waals surface area (Å²) in [6, 6.07) is 15.7. The molecule has 0 aliphatic carbocycles. The molecule has 54 heavy (non-hydrogen) atoms. The fourth-order valence-electron chi connectivity index (χ4n) is 6.19. The molecule has 4 aromatic rings. The van der Waals surface area contributed by atoms with Crippen molar-refractivity contribution in [3.05, 3.63) is 94.8 Å². The number of piperidine rings is 1. The van der Waals surface area contributed by atoms with E-state index < -0.39 is 35.6 Å². The average Bonchev–Trinajstić information content (AvgIpc) is 3.74. The molecular weight excluding hydrogens is 700 g/mol. The summed E-state index contributed by atoms with van der Waals surface area (Å²) < 4.78 is 12.9. The highest BCUT2D eigenvalue weighted by atomic mass is 16.5. The lowest BCUT2D eigenvalue weighted by Crippen LogP contribution is -2.54. The van der Waals surface area contributed by atoms with Crippen LogP contribution in [0.15, 0.2) is 66.9 Å². The number of anilines is 2. The molecule has 1 unspecified atom stereocenters. The molecule has 1 saturated heterocycles. The lowest BCUT2D eigenvalue weighted by molar-refractivity contribution is -0.136. The van der Waals surface area contributed by atoms with E-state index >= 15 is 0 Å². The number of nitrogens with one attached hydrogen (secondary N) is 4. The smallest absolute Gasteiger partial charge is 0.274 e. The van der Waals surface area contributed by atoms with Crippen LogP contribution in [0.4, 0.5) is 11.4 Å². The van der Waals surface area contributed by atoms with Crippen LogP contribution in [0.5, 0.6) is 11.5 Å². The van der Waals surface area contributed by atoms with Crippen LogP contribution < -0.4 is 30.9 Å². The Balaban J connectivity index is 0.906. The molecule has 0 bridgehead atoms. The predicted octanol–water partition coefficient (Wildman–Crippen LogP) is 3.20. The summed E-state index contributed by atoms with van der Waals surface area (Å²) in [5, 5.41) is 25.4. The summed E-state index contributed by atoms with van der Waals surface area (Å²) in [5.41, 5.74) is 4.44. The van der Waals surface area contributed by atoms with Gasteiger partial charge in [-0.2, -0.15) is 0 Å². The number of methoxy groups -OCH3 is 1. The van der Waals surface area contributed by atoms with Gasteiger partial charge in [-0.25, -0.2) is 5.48 Å². The van der Waals surface area contributed by atoms with Gasteiger partial charge in [0, 0.05) is 31.5 Å². The second-order valence-electron chi connectivity index (χ2n) is 12.6. The first-order valence-corrected chi connectivity index (χ1v) is 17.3. The summed E-state index contributed by atoms with van der Waals surface area (Å²) in [6.45, 7) is 1.26. The van der Waals surface area contributed by atoms with Crippen LogP contribution in [-0.2, 0) is 34.1 Å². The molecule has 0 spiro atoms. The zero-order chi connectivity index (χ0) is 38.2. The van der Waals surface area contributed by atoms with Crippen LogP contribution in [0.25, 0.3) is 0 Å². The van der Waals surface area contributed by atoms with E-state index in [4.69, 9.17) is 14.7 Å². The van der Waals surface area contributed by atoms with Crippen LogP contribution in [0.2, 0.25) is 0 Å². The molecule has 1 aromatic heterocycles. The quantitative estimate of drug-likeness (QED) is 0.0484. The van der Waals surface area contributed by atoms with Crippen molar-refractivity contribution in [2.75, 3.05) is 17.7 Å². The fourth-order valence-corrected chi connectivity index (χ4v) is 6.19. The zero-order valence-electron chi connectivity index (χ0n) is 29.3. The SMILES string of the molecule is COc1ccc(C(=O)NO)cc1NCc1ccc(OCc2cn(CCCCCC(=O)Nc3cccc4c3C(=O)N(C3CCC(=O)NC3=O)C4=O)nn2)cc1. The Bertz CT molecular complexity index is 2080. The molecule has 2 aliphatic rings.